The van der Waals surface area contributed by atoms with Gasteiger partial charge in [-0.2, -0.15) is 8.42 Å². The largest absolute Gasteiger partial charge is 0.295 e. The molecule has 5 rings (SSSR count). The van der Waals surface area contributed by atoms with Crippen molar-refractivity contribution in [2.24, 2.45) is 0 Å². The van der Waals surface area contributed by atoms with Gasteiger partial charge in [0.2, 0.25) is 0 Å². The maximum Gasteiger partial charge on any atom is 0.295 e. The Morgan fingerprint density at radius 2 is 0.694 bits per heavy atom. The van der Waals surface area contributed by atoms with Crippen LogP contribution in [0.2, 0.25) is 0 Å². The molecular weight excluding hydrogens is 502 g/mol. The fourth-order valence-corrected chi connectivity index (χ4v) is 11.0. The minimum atomic E-state index is -4.55. The van der Waals surface area contributed by atoms with Gasteiger partial charge in [-0.25, -0.2) is 0 Å². The molecule has 3 nitrogen and oxygen atoms in total. The van der Waals surface area contributed by atoms with E-state index in [4.69, 9.17) is 0 Å². The summed E-state index contributed by atoms with van der Waals surface area (Å²) >= 11 is 0. The standard InChI is InChI=1S/C30H24O3P2S/c31-36(32,33)30-28(34(24-14-5-1-6-15-24)25-16-7-2-8-17-25)22-13-23-29(30)35(26-18-9-3-10-19-26)27-20-11-4-12-21-27/h1-23H,(H,31,32,33). The van der Waals surface area contributed by atoms with Gasteiger partial charge in [0.1, 0.15) is 4.90 Å². The van der Waals surface area contributed by atoms with Crippen molar-refractivity contribution in [2.45, 2.75) is 4.90 Å². The molecule has 0 saturated carbocycles. The normalized spacial score (nSPS) is 11.6. The summed E-state index contributed by atoms with van der Waals surface area (Å²) in [6.45, 7) is 0. The van der Waals surface area contributed by atoms with Crippen LogP contribution in [0.15, 0.2) is 144 Å². The lowest BCUT2D eigenvalue weighted by Crippen LogP contribution is -2.32. The highest BCUT2D eigenvalue weighted by atomic mass is 32.2. The van der Waals surface area contributed by atoms with Crippen LogP contribution in [-0.2, 0) is 10.1 Å². The van der Waals surface area contributed by atoms with Crippen molar-refractivity contribution in [1.29, 1.82) is 0 Å². The lowest BCUT2D eigenvalue weighted by Gasteiger charge is -2.26. The Labute approximate surface area is 214 Å². The summed E-state index contributed by atoms with van der Waals surface area (Å²) in [4.78, 5) is 0.0163. The molecule has 0 saturated heterocycles. The number of benzene rings is 5. The molecule has 6 heteroatoms. The van der Waals surface area contributed by atoms with Crippen molar-refractivity contribution in [1.82, 2.24) is 0 Å². The molecule has 1 N–H and O–H groups in total. The molecule has 0 heterocycles. The van der Waals surface area contributed by atoms with Gasteiger partial charge >= 0.3 is 0 Å². The molecule has 0 radical (unpaired) electrons. The third kappa shape index (κ3) is 5.19. The molecule has 5 aromatic carbocycles. The molecule has 5 aromatic rings. The van der Waals surface area contributed by atoms with E-state index in [9.17, 15) is 13.0 Å². The van der Waals surface area contributed by atoms with Crippen molar-refractivity contribution >= 4 is 57.8 Å². The Kier molecular flexibility index (Phi) is 7.41. The second kappa shape index (κ2) is 10.9. The zero-order valence-electron chi connectivity index (χ0n) is 19.3. The van der Waals surface area contributed by atoms with Gasteiger partial charge in [-0.1, -0.05) is 140 Å². The SMILES string of the molecule is O=S(=O)(O)c1c(P(c2ccccc2)c2ccccc2)cccc1P(c1ccccc1)c1ccccc1. The summed E-state index contributed by atoms with van der Waals surface area (Å²) in [5.41, 5.74) is 0. The number of hydrogen-bond donors (Lipinski definition) is 1. The lowest BCUT2D eigenvalue weighted by molar-refractivity contribution is 0.484. The Bertz CT molecular complexity index is 1360. The van der Waals surface area contributed by atoms with Gasteiger partial charge in [0.05, 0.1) is 0 Å². The average Bonchev–Trinajstić information content (AvgIpc) is 2.91. The van der Waals surface area contributed by atoms with Crippen LogP contribution < -0.4 is 31.8 Å². The Balaban J connectivity index is 1.83. The first-order valence-corrected chi connectivity index (χ1v) is 15.6. The predicted octanol–water partition coefficient (Wildman–Crippen LogP) is 4.45. The highest BCUT2D eigenvalue weighted by Gasteiger charge is 2.31. The fraction of sp³-hybridized carbons (Fsp3) is 0. The summed E-state index contributed by atoms with van der Waals surface area (Å²) in [6.07, 6.45) is 0. The van der Waals surface area contributed by atoms with Crippen LogP contribution in [0.1, 0.15) is 0 Å². The first-order valence-electron chi connectivity index (χ1n) is 11.4. The summed E-state index contributed by atoms with van der Waals surface area (Å²) in [5, 5.41) is 5.33. The van der Waals surface area contributed by atoms with Crippen LogP contribution in [0.4, 0.5) is 0 Å². The number of hydrogen-bond acceptors (Lipinski definition) is 2. The minimum absolute atomic E-state index is 0.0163. The molecule has 0 aromatic heterocycles. The average molecular weight is 527 g/mol. The van der Waals surface area contributed by atoms with Crippen molar-refractivity contribution < 1.29 is 13.0 Å². The first kappa shape index (κ1) is 24.6. The van der Waals surface area contributed by atoms with E-state index in [1.165, 1.54) is 0 Å². The highest BCUT2D eigenvalue weighted by molar-refractivity contribution is 7.90. The summed E-state index contributed by atoms with van der Waals surface area (Å²) < 4.78 is 37.1. The second-order valence-corrected chi connectivity index (χ2v) is 13.8. The van der Waals surface area contributed by atoms with E-state index in [0.717, 1.165) is 21.2 Å². The van der Waals surface area contributed by atoms with Gasteiger partial charge in [0.15, 0.2) is 0 Å². The van der Waals surface area contributed by atoms with Crippen LogP contribution in [0.25, 0.3) is 0 Å². The molecule has 0 aliphatic rings. The molecule has 0 spiro atoms. The minimum Gasteiger partial charge on any atom is -0.282 e. The van der Waals surface area contributed by atoms with Crippen LogP contribution in [0.3, 0.4) is 0 Å². The number of rotatable bonds is 7. The fourth-order valence-electron chi connectivity index (χ4n) is 4.29. The van der Waals surface area contributed by atoms with Gasteiger partial charge in [0, 0.05) is 10.6 Å². The molecule has 0 unspecified atom stereocenters. The molecule has 178 valence electrons. The van der Waals surface area contributed by atoms with Crippen LogP contribution in [0.5, 0.6) is 0 Å². The first-order chi connectivity index (χ1) is 17.5. The van der Waals surface area contributed by atoms with Gasteiger partial charge in [-0.05, 0) is 37.1 Å². The Hall–Kier alpha value is -3.13. The molecule has 0 amide bonds. The lowest BCUT2D eigenvalue weighted by atomic mass is 10.3. The van der Waals surface area contributed by atoms with Gasteiger partial charge < -0.3 is 0 Å². The highest BCUT2D eigenvalue weighted by Crippen LogP contribution is 2.40. The monoisotopic (exact) mass is 526 g/mol. The van der Waals surface area contributed by atoms with E-state index >= 15 is 0 Å². The molecule has 0 aliphatic carbocycles. The van der Waals surface area contributed by atoms with Gasteiger partial charge in [-0.15, -0.1) is 0 Å². The molecule has 0 aliphatic heterocycles. The van der Waals surface area contributed by atoms with E-state index in [1.54, 1.807) is 0 Å². The van der Waals surface area contributed by atoms with Crippen LogP contribution >= 0.6 is 15.8 Å². The maximum atomic E-state index is 13.2. The van der Waals surface area contributed by atoms with E-state index in [1.807, 2.05) is 140 Å². The molecule has 0 atom stereocenters. The van der Waals surface area contributed by atoms with Gasteiger partial charge in [-0.3, -0.25) is 4.55 Å². The summed E-state index contributed by atoms with van der Waals surface area (Å²) in [7, 11) is -7.03. The van der Waals surface area contributed by atoms with E-state index < -0.39 is 26.0 Å². The van der Waals surface area contributed by atoms with Crippen LogP contribution in [0, 0.1) is 0 Å². The summed E-state index contributed by atoms with van der Waals surface area (Å²) in [5.74, 6) is 0. The third-order valence-corrected chi connectivity index (χ3v) is 12.0. The van der Waals surface area contributed by atoms with Crippen molar-refractivity contribution in [2.75, 3.05) is 0 Å². The Morgan fingerprint density at radius 1 is 0.417 bits per heavy atom. The van der Waals surface area contributed by atoms with Crippen LogP contribution in [-0.4, -0.2) is 13.0 Å². The quantitative estimate of drug-likeness (QED) is 0.252. The zero-order chi connectivity index (χ0) is 25.0. The van der Waals surface area contributed by atoms with E-state index in [2.05, 4.69) is 0 Å². The van der Waals surface area contributed by atoms with E-state index in [0.29, 0.717) is 10.6 Å². The zero-order valence-corrected chi connectivity index (χ0v) is 22.0. The maximum absolute atomic E-state index is 13.2. The molecule has 0 bridgehead atoms. The second-order valence-electron chi connectivity index (χ2n) is 8.11. The van der Waals surface area contributed by atoms with Gasteiger partial charge in [0.25, 0.3) is 10.1 Å². The molecule has 36 heavy (non-hydrogen) atoms. The topological polar surface area (TPSA) is 54.4 Å². The van der Waals surface area contributed by atoms with E-state index in [-0.39, 0.29) is 4.90 Å². The van der Waals surface area contributed by atoms with Crippen molar-refractivity contribution in [3.63, 3.8) is 0 Å². The van der Waals surface area contributed by atoms with Crippen molar-refractivity contribution in [3.8, 4) is 0 Å². The molecular formula is C30H24O3P2S. The smallest absolute Gasteiger partial charge is 0.282 e. The summed E-state index contributed by atoms with van der Waals surface area (Å²) in [6, 6.07) is 45.3. The molecule has 0 fully saturated rings. The predicted molar refractivity (Wildman–Crippen MR) is 154 cm³/mol. The van der Waals surface area contributed by atoms with Crippen molar-refractivity contribution in [3.05, 3.63) is 140 Å². The third-order valence-electron chi connectivity index (χ3n) is 5.77. The Morgan fingerprint density at radius 3 is 0.944 bits per heavy atom.